The first kappa shape index (κ1) is 24.3. The van der Waals surface area contributed by atoms with Gasteiger partial charge in [-0.05, 0) is 26.1 Å². The second-order valence-corrected chi connectivity index (χ2v) is 7.82. The molecule has 2 aromatic rings. The zero-order valence-corrected chi connectivity index (χ0v) is 18.5. The standard InChI is InChI=1S/C22H26F2N4O5/c1-4-26(3)12(2)27-10-16(30)18-17(20(32)19(31)15(11-29)28(18)27)22(33)25-9-13-5-7-14(8-6-13)21(23)24/h5-8,11-12,16,21,30-31H,4,9-10H2,1-3H3,(H,25,33). The van der Waals surface area contributed by atoms with Crippen LogP contribution in [-0.4, -0.2) is 58.3 Å². The van der Waals surface area contributed by atoms with Crippen molar-refractivity contribution < 1.29 is 28.6 Å². The van der Waals surface area contributed by atoms with Gasteiger partial charge < -0.3 is 15.5 Å². The number of aliphatic hydroxyl groups is 1. The number of halogens is 2. The number of β-amino-alcohol motifs (C(OH)–C–C–N with tert-alkyl or cyclic N) is 1. The van der Waals surface area contributed by atoms with Crippen LogP contribution < -0.4 is 15.8 Å². The van der Waals surface area contributed by atoms with Gasteiger partial charge in [0.05, 0.1) is 18.4 Å². The average molecular weight is 464 g/mol. The minimum Gasteiger partial charge on any atom is -0.503 e. The smallest absolute Gasteiger partial charge is 0.263 e. The van der Waals surface area contributed by atoms with Crippen molar-refractivity contribution in [3.8, 4) is 5.75 Å². The summed E-state index contributed by atoms with van der Waals surface area (Å²) < 4.78 is 26.7. The number of aliphatic hydroxyl groups excluding tert-OH is 1. The van der Waals surface area contributed by atoms with E-state index in [2.05, 4.69) is 5.32 Å². The lowest BCUT2D eigenvalue weighted by molar-refractivity contribution is 0.0940. The summed E-state index contributed by atoms with van der Waals surface area (Å²) in [6.45, 7) is 4.29. The van der Waals surface area contributed by atoms with E-state index >= 15 is 0 Å². The van der Waals surface area contributed by atoms with Crippen LogP contribution >= 0.6 is 0 Å². The third-order valence-electron chi connectivity index (χ3n) is 5.92. The SMILES string of the molecule is CCN(C)C(C)N1CC(O)c2c(C(=O)NCc3ccc(C(F)F)cc3)c(=O)c(O)c(C=O)n21. The molecule has 3 N–H and O–H groups in total. The molecule has 33 heavy (non-hydrogen) atoms. The number of aldehydes is 1. The van der Waals surface area contributed by atoms with Gasteiger partial charge in [-0.15, -0.1) is 0 Å². The zero-order chi connectivity index (χ0) is 24.4. The Hall–Kier alpha value is -3.31. The number of alkyl halides is 2. The van der Waals surface area contributed by atoms with Crippen LogP contribution in [-0.2, 0) is 6.54 Å². The quantitative estimate of drug-likeness (QED) is 0.508. The Morgan fingerprint density at radius 3 is 2.52 bits per heavy atom. The summed E-state index contributed by atoms with van der Waals surface area (Å²) in [5.74, 6) is -1.77. The van der Waals surface area contributed by atoms with Gasteiger partial charge in [0.2, 0.25) is 5.43 Å². The summed E-state index contributed by atoms with van der Waals surface area (Å²) >= 11 is 0. The lowest BCUT2D eigenvalue weighted by Crippen LogP contribution is -2.50. The van der Waals surface area contributed by atoms with E-state index in [4.69, 9.17) is 0 Å². The van der Waals surface area contributed by atoms with Gasteiger partial charge in [-0.1, -0.05) is 31.2 Å². The first-order chi connectivity index (χ1) is 15.6. The molecule has 0 saturated carbocycles. The van der Waals surface area contributed by atoms with Crippen molar-refractivity contribution in [1.82, 2.24) is 14.9 Å². The van der Waals surface area contributed by atoms with Crippen LogP contribution in [0, 0.1) is 0 Å². The van der Waals surface area contributed by atoms with Gasteiger partial charge in [-0.25, -0.2) is 13.5 Å². The number of carbonyl (C=O) groups excluding carboxylic acids is 2. The summed E-state index contributed by atoms with van der Waals surface area (Å²) in [4.78, 5) is 39.4. The van der Waals surface area contributed by atoms with Crippen molar-refractivity contribution in [3.63, 3.8) is 0 Å². The van der Waals surface area contributed by atoms with Crippen LogP contribution in [0.2, 0.25) is 0 Å². The highest BCUT2D eigenvalue weighted by Gasteiger charge is 2.39. The van der Waals surface area contributed by atoms with Crippen molar-refractivity contribution in [2.75, 3.05) is 25.1 Å². The van der Waals surface area contributed by atoms with Crippen molar-refractivity contribution in [2.24, 2.45) is 0 Å². The van der Waals surface area contributed by atoms with E-state index in [0.717, 1.165) is 0 Å². The molecule has 3 rings (SSSR count). The van der Waals surface area contributed by atoms with Gasteiger partial charge in [0.15, 0.2) is 12.0 Å². The maximum atomic E-state index is 13.0. The summed E-state index contributed by atoms with van der Waals surface area (Å²) in [7, 11) is 1.82. The van der Waals surface area contributed by atoms with Gasteiger partial charge in [0.1, 0.15) is 17.4 Å². The van der Waals surface area contributed by atoms with Crippen molar-refractivity contribution in [2.45, 2.75) is 39.1 Å². The molecule has 0 saturated heterocycles. The number of amides is 1. The molecular weight excluding hydrogens is 438 g/mol. The average Bonchev–Trinajstić information content (AvgIpc) is 3.14. The maximum Gasteiger partial charge on any atom is 0.263 e. The molecule has 178 valence electrons. The molecule has 2 heterocycles. The fraction of sp³-hybridized carbons (Fsp3) is 0.409. The van der Waals surface area contributed by atoms with Crippen LogP contribution in [0.1, 0.15) is 64.0 Å². The molecule has 0 radical (unpaired) electrons. The normalized spacial score (nSPS) is 16.2. The molecule has 2 atom stereocenters. The zero-order valence-electron chi connectivity index (χ0n) is 18.5. The lowest BCUT2D eigenvalue weighted by Gasteiger charge is -2.35. The summed E-state index contributed by atoms with van der Waals surface area (Å²) in [6, 6.07) is 5.31. The van der Waals surface area contributed by atoms with Crippen LogP contribution in [0.4, 0.5) is 8.78 Å². The van der Waals surface area contributed by atoms with Crippen LogP contribution in [0.5, 0.6) is 5.75 Å². The largest absolute Gasteiger partial charge is 0.503 e. The second-order valence-electron chi connectivity index (χ2n) is 7.82. The van der Waals surface area contributed by atoms with Crippen molar-refractivity contribution in [3.05, 3.63) is 62.6 Å². The van der Waals surface area contributed by atoms with E-state index in [-0.39, 0.29) is 36.2 Å². The fourth-order valence-corrected chi connectivity index (χ4v) is 3.81. The van der Waals surface area contributed by atoms with E-state index in [0.29, 0.717) is 18.4 Å². The highest BCUT2D eigenvalue weighted by atomic mass is 19.3. The Bertz CT molecular complexity index is 1100. The van der Waals surface area contributed by atoms with E-state index in [1.165, 1.54) is 28.9 Å². The van der Waals surface area contributed by atoms with Crippen LogP contribution in [0.3, 0.4) is 0 Å². The number of nitrogens with one attached hydrogen (secondary N) is 1. The number of fused-ring (bicyclic) bond motifs is 1. The summed E-state index contributed by atoms with van der Waals surface area (Å²) in [5, 5.41) is 25.2. The second kappa shape index (κ2) is 9.67. The molecule has 1 amide bonds. The minimum atomic E-state index is -2.62. The van der Waals surface area contributed by atoms with Gasteiger partial charge in [0.25, 0.3) is 12.3 Å². The van der Waals surface area contributed by atoms with E-state index in [1.807, 2.05) is 25.8 Å². The number of nitrogens with zero attached hydrogens (tertiary/aromatic N) is 3. The Kier molecular flexibility index (Phi) is 7.13. The number of benzene rings is 1. The molecule has 0 aliphatic carbocycles. The number of hydrogen-bond donors (Lipinski definition) is 3. The molecule has 1 aliphatic heterocycles. The topological polar surface area (TPSA) is 115 Å². The molecule has 2 unspecified atom stereocenters. The van der Waals surface area contributed by atoms with E-state index in [1.54, 1.807) is 5.01 Å². The monoisotopic (exact) mass is 464 g/mol. The minimum absolute atomic E-state index is 0.00932. The number of aromatic hydroxyl groups is 1. The van der Waals surface area contributed by atoms with Gasteiger partial charge in [0, 0.05) is 12.1 Å². The molecule has 0 bridgehead atoms. The van der Waals surface area contributed by atoms with Crippen molar-refractivity contribution in [1.29, 1.82) is 0 Å². The molecule has 11 heteroatoms. The van der Waals surface area contributed by atoms with Gasteiger partial charge in [-0.3, -0.25) is 24.3 Å². The predicted molar refractivity (Wildman–Crippen MR) is 116 cm³/mol. The Balaban J connectivity index is 2.00. The van der Waals surface area contributed by atoms with Crippen LogP contribution in [0.15, 0.2) is 29.1 Å². The number of aromatic nitrogens is 1. The number of pyridine rings is 1. The van der Waals surface area contributed by atoms with Gasteiger partial charge in [-0.2, -0.15) is 0 Å². The first-order valence-corrected chi connectivity index (χ1v) is 10.4. The van der Waals surface area contributed by atoms with E-state index in [9.17, 15) is 33.4 Å². The summed E-state index contributed by atoms with van der Waals surface area (Å²) in [6.07, 6.45) is -3.92. The maximum absolute atomic E-state index is 13.0. The number of carbonyl (C=O) groups is 2. The molecule has 1 aromatic carbocycles. The predicted octanol–water partition coefficient (Wildman–Crippen LogP) is 1.52. The molecular formula is C22H26F2N4O5. The first-order valence-electron chi connectivity index (χ1n) is 10.4. The van der Waals surface area contributed by atoms with Crippen LogP contribution in [0.25, 0.3) is 0 Å². The molecule has 1 aromatic heterocycles. The molecule has 9 nitrogen and oxygen atoms in total. The van der Waals surface area contributed by atoms with Gasteiger partial charge >= 0.3 is 0 Å². The highest BCUT2D eigenvalue weighted by molar-refractivity contribution is 5.97. The summed E-state index contributed by atoms with van der Waals surface area (Å²) in [5.41, 5.74) is -1.66. The number of hydrogen-bond acceptors (Lipinski definition) is 7. The number of rotatable bonds is 8. The Morgan fingerprint density at radius 2 is 1.97 bits per heavy atom. The third-order valence-corrected chi connectivity index (χ3v) is 5.92. The van der Waals surface area contributed by atoms with E-state index < -0.39 is 35.2 Å². The fourth-order valence-electron chi connectivity index (χ4n) is 3.81. The van der Waals surface area contributed by atoms with Crippen molar-refractivity contribution >= 4 is 12.2 Å². The Labute approximate surface area is 188 Å². The molecule has 1 aliphatic rings. The lowest BCUT2D eigenvalue weighted by atomic mass is 10.1. The molecule has 0 spiro atoms. The Morgan fingerprint density at radius 1 is 1.33 bits per heavy atom. The highest BCUT2D eigenvalue weighted by Crippen LogP contribution is 2.30. The molecule has 0 fully saturated rings. The third kappa shape index (κ3) is 4.46.